The number of anilines is 3. The van der Waals surface area contributed by atoms with Crippen LogP contribution in [0.5, 0.6) is 0 Å². The molecule has 0 aliphatic carbocycles. The zero-order valence-corrected chi connectivity index (χ0v) is 34.7. The van der Waals surface area contributed by atoms with E-state index >= 15 is 0 Å². The Morgan fingerprint density at radius 1 is 0.344 bits per heavy atom. The van der Waals surface area contributed by atoms with E-state index in [1.807, 2.05) is 12.1 Å². The quantitative estimate of drug-likeness (QED) is 0.161. The molecule has 0 N–H and O–H groups in total. The van der Waals surface area contributed by atoms with E-state index in [2.05, 4.69) is 228 Å². The number of hydrogen-bond donors (Lipinski definition) is 0. The lowest BCUT2D eigenvalue weighted by atomic mass is 9.93. The molecule has 3 aromatic heterocycles. The standard InChI is InChI=1S/C60H38N2O2/c1-4-16-39(17-5-1)40-30-32-43(33-31-40)61(42-20-8-3-9-21-42)44-34-36-45(37-35-44)62-52-38-55-58(50-23-11-13-29-54(50)63-55)56(41-18-6-2-7-19-41)57(52)51-27-14-24-47(59(51)62)49-26-15-25-48-46-22-10-12-28-53(46)64-60(48)49/h1-38H. The smallest absolute Gasteiger partial charge is 0.143 e. The van der Waals surface area contributed by atoms with Gasteiger partial charge in [0.2, 0.25) is 0 Å². The van der Waals surface area contributed by atoms with Gasteiger partial charge >= 0.3 is 0 Å². The van der Waals surface area contributed by atoms with Gasteiger partial charge in [-0.25, -0.2) is 0 Å². The summed E-state index contributed by atoms with van der Waals surface area (Å²) in [5, 5.41) is 6.75. The summed E-state index contributed by atoms with van der Waals surface area (Å²) in [7, 11) is 0. The minimum absolute atomic E-state index is 0.850. The molecule has 3 heterocycles. The van der Waals surface area contributed by atoms with Crippen molar-refractivity contribution < 1.29 is 8.83 Å². The van der Waals surface area contributed by atoms with E-state index in [-0.39, 0.29) is 0 Å². The molecule has 13 aromatic rings. The minimum Gasteiger partial charge on any atom is -0.456 e. The molecule has 0 unspecified atom stereocenters. The number of furan rings is 2. The fourth-order valence-electron chi connectivity index (χ4n) is 9.98. The Morgan fingerprint density at radius 2 is 0.875 bits per heavy atom. The fourth-order valence-corrected chi connectivity index (χ4v) is 9.98. The number of hydrogen-bond acceptors (Lipinski definition) is 3. The predicted octanol–water partition coefficient (Wildman–Crippen LogP) is 17.1. The highest BCUT2D eigenvalue weighted by atomic mass is 16.3. The molecule has 0 fully saturated rings. The summed E-state index contributed by atoms with van der Waals surface area (Å²) >= 11 is 0. The maximum atomic E-state index is 6.77. The first-order valence-corrected chi connectivity index (χ1v) is 21.8. The lowest BCUT2D eigenvalue weighted by Gasteiger charge is -2.26. The van der Waals surface area contributed by atoms with Crippen LogP contribution in [0.4, 0.5) is 17.1 Å². The van der Waals surface area contributed by atoms with Crippen molar-refractivity contribution in [2.45, 2.75) is 0 Å². The molecular formula is C60H38N2O2. The summed E-state index contributed by atoms with van der Waals surface area (Å²) < 4.78 is 15.9. The van der Waals surface area contributed by atoms with Crippen molar-refractivity contribution in [2.75, 3.05) is 4.90 Å². The van der Waals surface area contributed by atoms with Gasteiger partial charge in [0.25, 0.3) is 0 Å². The van der Waals surface area contributed by atoms with Crippen LogP contribution in [-0.4, -0.2) is 4.57 Å². The summed E-state index contributed by atoms with van der Waals surface area (Å²) in [5.41, 5.74) is 16.7. The van der Waals surface area contributed by atoms with Gasteiger partial charge < -0.3 is 18.3 Å². The third-order valence-electron chi connectivity index (χ3n) is 12.8. The van der Waals surface area contributed by atoms with Crippen LogP contribution >= 0.6 is 0 Å². The number of rotatable bonds is 7. The molecule has 64 heavy (non-hydrogen) atoms. The Morgan fingerprint density at radius 3 is 1.59 bits per heavy atom. The monoisotopic (exact) mass is 818 g/mol. The summed E-state index contributed by atoms with van der Waals surface area (Å²) in [6, 6.07) is 81.9. The average Bonchev–Trinajstić information content (AvgIpc) is 4.04. The number of benzene rings is 10. The van der Waals surface area contributed by atoms with Crippen molar-refractivity contribution in [3.8, 4) is 39.1 Å². The molecule has 0 bridgehead atoms. The molecule has 0 atom stereocenters. The highest BCUT2D eigenvalue weighted by Gasteiger charge is 2.26. The number of aromatic nitrogens is 1. The highest BCUT2D eigenvalue weighted by Crippen LogP contribution is 2.49. The van der Waals surface area contributed by atoms with Gasteiger partial charge in [-0.3, -0.25) is 0 Å². The van der Waals surface area contributed by atoms with Crippen molar-refractivity contribution in [2.24, 2.45) is 0 Å². The first-order valence-electron chi connectivity index (χ1n) is 21.8. The zero-order chi connectivity index (χ0) is 42.1. The molecule has 0 saturated carbocycles. The molecule has 0 aliphatic heterocycles. The van der Waals surface area contributed by atoms with Gasteiger partial charge in [0.1, 0.15) is 22.3 Å². The molecule has 0 aliphatic rings. The largest absolute Gasteiger partial charge is 0.456 e. The summed E-state index contributed by atoms with van der Waals surface area (Å²) in [5.74, 6) is 0. The first-order chi connectivity index (χ1) is 31.8. The number of fused-ring (bicyclic) bond motifs is 9. The van der Waals surface area contributed by atoms with Gasteiger partial charge in [-0.15, -0.1) is 0 Å². The molecular weight excluding hydrogens is 781 g/mol. The van der Waals surface area contributed by atoms with E-state index in [0.717, 1.165) is 105 Å². The SMILES string of the molecule is c1ccc(-c2ccc(N(c3ccccc3)c3ccc(-n4c5cc6oc7ccccc7c6c(-c6ccccc6)c5c5cccc(-c6cccc7c6oc6ccccc67)c54)cc3)cc2)cc1. The molecule has 0 radical (unpaired) electrons. The van der Waals surface area contributed by atoms with Crippen LogP contribution in [0.1, 0.15) is 0 Å². The lowest BCUT2D eigenvalue weighted by Crippen LogP contribution is -2.10. The van der Waals surface area contributed by atoms with Gasteiger partial charge in [-0.1, -0.05) is 164 Å². The van der Waals surface area contributed by atoms with Crippen LogP contribution in [0.2, 0.25) is 0 Å². The molecule has 0 amide bonds. The Kier molecular flexibility index (Phi) is 8.18. The van der Waals surface area contributed by atoms with Crippen molar-refractivity contribution in [3.05, 3.63) is 231 Å². The summed E-state index contributed by atoms with van der Waals surface area (Å²) in [6.45, 7) is 0. The topological polar surface area (TPSA) is 34.5 Å². The third-order valence-corrected chi connectivity index (χ3v) is 12.8. The van der Waals surface area contributed by atoms with Gasteiger partial charge in [0.15, 0.2) is 0 Å². The molecule has 300 valence electrons. The minimum atomic E-state index is 0.850. The second-order valence-corrected chi connectivity index (χ2v) is 16.4. The average molecular weight is 819 g/mol. The van der Waals surface area contributed by atoms with E-state index in [4.69, 9.17) is 8.83 Å². The third kappa shape index (κ3) is 5.63. The van der Waals surface area contributed by atoms with Gasteiger partial charge in [-0.05, 0) is 77.4 Å². The van der Waals surface area contributed by atoms with Crippen molar-refractivity contribution >= 4 is 82.7 Å². The fraction of sp³-hybridized carbons (Fsp3) is 0. The van der Waals surface area contributed by atoms with Crippen LogP contribution in [-0.2, 0) is 0 Å². The van der Waals surface area contributed by atoms with Crippen LogP contribution in [0.25, 0.3) is 105 Å². The van der Waals surface area contributed by atoms with E-state index in [1.165, 1.54) is 16.5 Å². The van der Waals surface area contributed by atoms with Gasteiger partial charge in [-0.2, -0.15) is 0 Å². The van der Waals surface area contributed by atoms with E-state index in [0.29, 0.717) is 0 Å². The Hall–Kier alpha value is -8.60. The van der Waals surface area contributed by atoms with Crippen LogP contribution in [0.3, 0.4) is 0 Å². The van der Waals surface area contributed by atoms with E-state index in [1.54, 1.807) is 0 Å². The van der Waals surface area contributed by atoms with Crippen LogP contribution in [0.15, 0.2) is 239 Å². The van der Waals surface area contributed by atoms with Crippen molar-refractivity contribution in [3.63, 3.8) is 0 Å². The summed E-state index contributed by atoms with van der Waals surface area (Å²) in [6.07, 6.45) is 0. The van der Waals surface area contributed by atoms with Gasteiger partial charge in [0, 0.05) is 77.8 Å². The second-order valence-electron chi connectivity index (χ2n) is 16.4. The zero-order valence-electron chi connectivity index (χ0n) is 34.7. The van der Waals surface area contributed by atoms with Crippen LogP contribution < -0.4 is 4.90 Å². The Labute approximate surface area is 369 Å². The molecule has 4 heteroatoms. The lowest BCUT2D eigenvalue weighted by molar-refractivity contribution is 0.669. The number of nitrogens with zero attached hydrogens (tertiary/aromatic N) is 2. The van der Waals surface area contributed by atoms with Crippen molar-refractivity contribution in [1.82, 2.24) is 4.57 Å². The maximum absolute atomic E-state index is 6.77. The normalized spacial score (nSPS) is 11.8. The first kappa shape index (κ1) is 36.1. The second kappa shape index (κ2) is 14.5. The van der Waals surface area contributed by atoms with Gasteiger partial charge in [0.05, 0.1) is 11.0 Å². The Balaban J connectivity index is 1.08. The van der Waals surface area contributed by atoms with E-state index in [9.17, 15) is 0 Å². The predicted molar refractivity (Wildman–Crippen MR) is 266 cm³/mol. The van der Waals surface area contributed by atoms with Crippen LogP contribution in [0, 0.1) is 0 Å². The van der Waals surface area contributed by atoms with Crippen molar-refractivity contribution in [1.29, 1.82) is 0 Å². The highest BCUT2D eigenvalue weighted by molar-refractivity contribution is 6.28. The Bertz CT molecular complexity index is 3860. The molecule has 13 rings (SSSR count). The molecule has 4 nitrogen and oxygen atoms in total. The molecule has 0 spiro atoms. The molecule has 10 aromatic carbocycles. The number of para-hydroxylation sites is 5. The van der Waals surface area contributed by atoms with E-state index < -0.39 is 0 Å². The summed E-state index contributed by atoms with van der Waals surface area (Å²) in [4.78, 5) is 2.32. The maximum Gasteiger partial charge on any atom is 0.143 e. The molecule has 0 saturated heterocycles.